The van der Waals surface area contributed by atoms with Crippen LogP contribution in [0.5, 0.6) is 0 Å². The second kappa shape index (κ2) is 6.57. The van der Waals surface area contributed by atoms with Crippen LogP contribution < -0.4 is 14.9 Å². The van der Waals surface area contributed by atoms with E-state index in [1.54, 1.807) is 23.1 Å². The van der Waals surface area contributed by atoms with Crippen LogP contribution in [-0.2, 0) is 0 Å². The minimum atomic E-state index is 0.510. The van der Waals surface area contributed by atoms with Crippen molar-refractivity contribution in [2.24, 2.45) is 0 Å². The molecule has 0 aliphatic carbocycles. The lowest BCUT2D eigenvalue weighted by Gasteiger charge is -2.17. The molecule has 5 rings (SSSR count). The van der Waals surface area contributed by atoms with Crippen molar-refractivity contribution in [3.05, 3.63) is 66.7 Å². The van der Waals surface area contributed by atoms with E-state index in [9.17, 15) is 0 Å². The van der Waals surface area contributed by atoms with E-state index >= 15 is 0 Å². The molecule has 0 atom stereocenters. The quantitative estimate of drug-likeness (QED) is 0.651. The van der Waals surface area contributed by atoms with Crippen LogP contribution in [0.25, 0.3) is 16.9 Å². The Labute approximate surface area is 165 Å². The van der Waals surface area contributed by atoms with E-state index in [-0.39, 0.29) is 0 Å². The summed E-state index contributed by atoms with van der Waals surface area (Å²) in [7, 11) is 3.92. The van der Waals surface area contributed by atoms with E-state index < -0.39 is 0 Å². The molecule has 3 aromatic rings. The van der Waals surface area contributed by atoms with Gasteiger partial charge in [0.15, 0.2) is 5.65 Å². The predicted molar refractivity (Wildman–Crippen MR) is 110 cm³/mol. The maximum Gasteiger partial charge on any atom is 0.247 e. The van der Waals surface area contributed by atoms with Gasteiger partial charge in [-0.25, -0.2) is 9.50 Å². The zero-order chi connectivity index (χ0) is 19.1. The molecule has 0 fully saturated rings. The minimum Gasteiger partial charge on any atom is -0.363 e. The Morgan fingerprint density at radius 3 is 2.96 bits per heavy atom. The Hall–Kier alpha value is -3.53. The molecule has 0 saturated carbocycles. The summed E-state index contributed by atoms with van der Waals surface area (Å²) in [5.74, 6) is 1.40. The molecule has 5 heterocycles. The van der Waals surface area contributed by atoms with Crippen molar-refractivity contribution in [1.82, 2.24) is 33.6 Å². The first-order valence-electron chi connectivity index (χ1n) is 8.61. The Morgan fingerprint density at radius 2 is 2.14 bits per heavy atom. The molecule has 0 saturated heterocycles. The normalized spacial score (nSPS) is 15.1. The fourth-order valence-corrected chi connectivity index (χ4v) is 3.53. The lowest BCUT2D eigenvalue weighted by molar-refractivity contribution is 0.801. The van der Waals surface area contributed by atoms with Crippen LogP contribution >= 0.6 is 12.1 Å². The van der Waals surface area contributed by atoms with Gasteiger partial charge in [-0.1, -0.05) is 0 Å². The zero-order valence-electron chi connectivity index (χ0n) is 15.2. The summed E-state index contributed by atoms with van der Waals surface area (Å²) in [5.41, 5.74) is 4.27. The third-order valence-electron chi connectivity index (χ3n) is 4.30. The molecular formula is C18H17N9S. The third kappa shape index (κ3) is 2.93. The average molecular weight is 391 g/mol. The summed E-state index contributed by atoms with van der Waals surface area (Å²) in [6.45, 7) is 0. The zero-order valence-corrected chi connectivity index (χ0v) is 16.1. The summed E-state index contributed by atoms with van der Waals surface area (Å²) in [6, 6.07) is 3.95. The van der Waals surface area contributed by atoms with Crippen molar-refractivity contribution >= 4 is 29.5 Å². The summed E-state index contributed by atoms with van der Waals surface area (Å²) in [5, 5.41) is 7.78. The van der Waals surface area contributed by atoms with Gasteiger partial charge in [0.2, 0.25) is 5.95 Å². The lowest BCUT2D eigenvalue weighted by Crippen LogP contribution is -2.10. The number of aromatic nitrogens is 5. The molecule has 2 aliphatic rings. The van der Waals surface area contributed by atoms with Crippen LogP contribution in [-0.4, -0.2) is 43.0 Å². The Balaban J connectivity index is 1.47. The largest absolute Gasteiger partial charge is 0.363 e. The monoisotopic (exact) mass is 391 g/mol. The summed E-state index contributed by atoms with van der Waals surface area (Å²) in [4.78, 5) is 15.6. The maximum atomic E-state index is 4.64. The van der Waals surface area contributed by atoms with Crippen molar-refractivity contribution in [1.29, 1.82) is 0 Å². The molecule has 0 spiro atoms. The number of hydrogen-bond acceptors (Lipinski definition) is 9. The highest BCUT2D eigenvalue weighted by molar-refractivity contribution is 7.95. The SMILES string of the molecule is CN(C)c1ccc(-c2nccn3nc(NC4=CC5=CNSN5C=C4)nc23)cn1. The molecule has 3 aromatic heterocycles. The molecule has 0 unspecified atom stereocenters. The van der Waals surface area contributed by atoms with Crippen molar-refractivity contribution in [3.8, 4) is 11.3 Å². The van der Waals surface area contributed by atoms with Gasteiger partial charge < -0.3 is 14.9 Å². The molecule has 2 N–H and O–H groups in total. The van der Waals surface area contributed by atoms with Gasteiger partial charge in [-0.3, -0.25) is 9.29 Å². The van der Waals surface area contributed by atoms with Gasteiger partial charge in [0, 0.05) is 56.3 Å². The van der Waals surface area contributed by atoms with Crippen LogP contribution in [0, 0.1) is 0 Å². The van der Waals surface area contributed by atoms with Crippen molar-refractivity contribution in [3.63, 3.8) is 0 Å². The maximum absolute atomic E-state index is 4.64. The van der Waals surface area contributed by atoms with Crippen LogP contribution in [0.15, 0.2) is 66.7 Å². The smallest absolute Gasteiger partial charge is 0.247 e. The number of anilines is 2. The van der Waals surface area contributed by atoms with Gasteiger partial charge in [-0.15, -0.1) is 5.10 Å². The fourth-order valence-electron chi connectivity index (χ4n) is 2.91. The van der Waals surface area contributed by atoms with Gasteiger partial charge in [0.05, 0.1) is 17.8 Å². The van der Waals surface area contributed by atoms with Gasteiger partial charge in [0.25, 0.3) is 0 Å². The topological polar surface area (TPSA) is 86.5 Å². The van der Waals surface area contributed by atoms with Gasteiger partial charge in [0.1, 0.15) is 11.5 Å². The van der Waals surface area contributed by atoms with E-state index in [2.05, 4.69) is 30.1 Å². The van der Waals surface area contributed by atoms with E-state index in [0.29, 0.717) is 11.6 Å². The third-order valence-corrected chi connectivity index (χ3v) is 5.05. The van der Waals surface area contributed by atoms with E-state index in [1.807, 2.05) is 60.0 Å². The van der Waals surface area contributed by atoms with Crippen molar-refractivity contribution in [2.75, 3.05) is 24.3 Å². The molecule has 9 nitrogen and oxygen atoms in total. The number of allylic oxidation sites excluding steroid dienone is 2. The number of fused-ring (bicyclic) bond motifs is 2. The number of rotatable bonds is 4. The molecule has 0 aromatic carbocycles. The summed E-state index contributed by atoms with van der Waals surface area (Å²) >= 11 is 1.52. The lowest BCUT2D eigenvalue weighted by atomic mass is 10.2. The highest BCUT2D eigenvalue weighted by Gasteiger charge is 2.17. The van der Waals surface area contributed by atoms with Crippen LogP contribution in [0.1, 0.15) is 0 Å². The Bertz CT molecular complexity index is 1130. The number of pyridine rings is 1. The van der Waals surface area contributed by atoms with Crippen molar-refractivity contribution < 1.29 is 0 Å². The highest BCUT2D eigenvalue weighted by Crippen LogP contribution is 2.28. The molecular weight excluding hydrogens is 374 g/mol. The van der Waals surface area contributed by atoms with Crippen LogP contribution in [0.4, 0.5) is 11.8 Å². The molecule has 140 valence electrons. The Kier molecular flexibility index (Phi) is 3.90. The fraction of sp³-hybridized carbons (Fsp3) is 0.111. The summed E-state index contributed by atoms with van der Waals surface area (Å²) in [6.07, 6.45) is 13.2. The molecule has 2 aliphatic heterocycles. The highest BCUT2D eigenvalue weighted by atomic mass is 32.2. The second-order valence-electron chi connectivity index (χ2n) is 6.42. The van der Waals surface area contributed by atoms with Gasteiger partial charge >= 0.3 is 0 Å². The first-order chi connectivity index (χ1) is 13.7. The average Bonchev–Trinajstić information content (AvgIpc) is 3.33. The van der Waals surface area contributed by atoms with Gasteiger partial charge in [-0.05, 0) is 24.3 Å². The minimum absolute atomic E-state index is 0.510. The first kappa shape index (κ1) is 16.6. The number of nitrogens with zero attached hydrogens (tertiary/aromatic N) is 7. The van der Waals surface area contributed by atoms with E-state index in [0.717, 1.165) is 28.5 Å². The first-order valence-corrected chi connectivity index (χ1v) is 9.39. The summed E-state index contributed by atoms with van der Waals surface area (Å²) < 4.78 is 6.87. The number of nitrogens with one attached hydrogen (secondary N) is 2. The van der Waals surface area contributed by atoms with E-state index in [4.69, 9.17) is 0 Å². The van der Waals surface area contributed by atoms with E-state index in [1.165, 1.54) is 12.1 Å². The van der Waals surface area contributed by atoms with Gasteiger partial charge in [-0.2, -0.15) is 4.98 Å². The Morgan fingerprint density at radius 1 is 1.21 bits per heavy atom. The van der Waals surface area contributed by atoms with Crippen molar-refractivity contribution in [2.45, 2.75) is 0 Å². The molecule has 0 bridgehead atoms. The molecule has 0 radical (unpaired) electrons. The second-order valence-corrected chi connectivity index (χ2v) is 7.24. The molecule has 28 heavy (non-hydrogen) atoms. The number of hydrogen-bond donors (Lipinski definition) is 2. The molecule has 0 amide bonds. The predicted octanol–water partition coefficient (Wildman–Crippen LogP) is 2.39. The standard InChI is InChI=1S/C18H17N9S/c1-25(2)15-4-3-12(10-20-15)16-17-23-18(24-26(17)8-6-19-16)22-13-5-7-27-14(9-13)11-21-28-27/h3-11,21H,1-2H3,(H,22,24). The molecule has 10 heteroatoms. The van der Waals surface area contributed by atoms with Crippen LogP contribution in [0.2, 0.25) is 0 Å². The van der Waals surface area contributed by atoms with Crippen LogP contribution in [0.3, 0.4) is 0 Å².